The van der Waals surface area contributed by atoms with Crippen LogP contribution in [0.2, 0.25) is 5.02 Å². The second kappa shape index (κ2) is 8.10. The van der Waals surface area contributed by atoms with Gasteiger partial charge in [-0.1, -0.05) is 42.7 Å². The van der Waals surface area contributed by atoms with E-state index in [0.717, 1.165) is 24.1 Å². The van der Waals surface area contributed by atoms with Crippen molar-refractivity contribution in [3.05, 3.63) is 28.5 Å². The summed E-state index contributed by atoms with van der Waals surface area (Å²) < 4.78 is 5.31. The lowest BCUT2D eigenvalue weighted by molar-refractivity contribution is 0.0522. The van der Waals surface area contributed by atoms with Crippen LogP contribution in [0, 0.1) is 17.8 Å². The summed E-state index contributed by atoms with van der Waals surface area (Å²) in [6.45, 7) is 6.04. The van der Waals surface area contributed by atoms with Crippen LogP contribution in [0.3, 0.4) is 0 Å². The maximum Gasteiger partial charge on any atom is 0.407 e. The Kier molecular flexibility index (Phi) is 6.01. The average molecular weight is 389 g/mol. The fourth-order valence-corrected chi connectivity index (χ4v) is 3.90. The molecule has 2 saturated carbocycles. The summed E-state index contributed by atoms with van der Waals surface area (Å²) in [6.07, 6.45) is 9.63. The molecule has 0 spiro atoms. The molecule has 4 nitrogen and oxygen atoms in total. The molecule has 0 bridgehead atoms. The fourth-order valence-electron chi connectivity index (χ4n) is 3.53. The van der Waals surface area contributed by atoms with E-state index >= 15 is 0 Å². The van der Waals surface area contributed by atoms with Crippen molar-refractivity contribution in [3.8, 4) is 11.8 Å². The molecule has 27 heavy (non-hydrogen) atoms. The third-order valence-electron chi connectivity index (χ3n) is 5.19. The molecular formula is C22H29ClN2O2. The standard InChI is InChI=1S/C22H29ClN2O2/c1-21(2,3)27-20(26)25-15-22(11-12-22)19-18(23)13-17(14-24-19)10-9-16-7-5-4-6-8-16/h13-14,16H,4-8,11-12,15H2,1-3H3,(H,25,26). The van der Waals surface area contributed by atoms with E-state index in [2.05, 4.69) is 22.1 Å². The lowest BCUT2D eigenvalue weighted by Crippen LogP contribution is -2.37. The van der Waals surface area contributed by atoms with Gasteiger partial charge in [-0.2, -0.15) is 0 Å². The number of rotatable bonds is 3. The SMILES string of the molecule is CC(C)(C)OC(=O)NCC1(c2ncc(C#CC3CCCCC3)cc2Cl)CC1. The van der Waals surface area contributed by atoms with Gasteiger partial charge in [0.2, 0.25) is 0 Å². The van der Waals surface area contributed by atoms with Gasteiger partial charge in [0, 0.05) is 29.6 Å². The largest absolute Gasteiger partial charge is 0.444 e. The first kappa shape index (κ1) is 20.0. The Labute approximate surface area is 167 Å². The normalized spacial score (nSPS) is 19.0. The van der Waals surface area contributed by atoms with E-state index in [1.165, 1.54) is 32.1 Å². The molecule has 2 aliphatic carbocycles. The summed E-state index contributed by atoms with van der Waals surface area (Å²) in [5, 5.41) is 3.50. The van der Waals surface area contributed by atoms with E-state index in [1.807, 2.05) is 33.0 Å². The summed E-state index contributed by atoms with van der Waals surface area (Å²) >= 11 is 6.52. The third kappa shape index (κ3) is 5.62. The number of carbonyl (C=O) groups excluding carboxylic acids is 1. The highest BCUT2D eigenvalue weighted by atomic mass is 35.5. The van der Waals surface area contributed by atoms with Gasteiger partial charge in [-0.15, -0.1) is 0 Å². The molecule has 1 amide bonds. The number of nitrogens with one attached hydrogen (secondary N) is 1. The lowest BCUT2D eigenvalue weighted by Gasteiger charge is -2.22. The first-order chi connectivity index (χ1) is 12.8. The molecule has 5 heteroatoms. The number of amides is 1. The third-order valence-corrected chi connectivity index (χ3v) is 5.48. The number of ether oxygens (including phenoxy) is 1. The molecule has 0 aliphatic heterocycles. The first-order valence-electron chi connectivity index (χ1n) is 9.92. The molecule has 0 atom stereocenters. The van der Waals surface area contributed by atoms with Gasteiger partial charge < -0.3 is 10.1 Å². The molecule has 2 fully saturated rings. The average Bonchev–Trinajstić information content (AvgIpc) is 3.39. The minimum atomic E-state index is -0.505. The van der Waals surface area contributed by atoms with Crippen molar-refractivity contribution < 1.29 is 9.53 Å². The van der Waals surface area contributed by atoms with Crippen LogP contribution >= 0.6 is 11.6 Å². The van der Waals surface area contributed by atoms with Crippen LogP contribution in [0.15, 0.2) is 12.3 Å². The Morgan fingerprint density at radius 1 is 1.33 bits per heavy atom. The van der Waals surface area contributed by atoms with Crippen molar-refractivity contribution in [3.63, 3.8) is 0 Å². The van der Waals surface area contributed by atoms with Gasteiger partial charge in [0.25, 0.3) is 0 Å². The summed E-state index contributed by atoms with van der Waals surface area (Å²) in [4.78, 5) is 16.5. The number of alkyl carbamates (subject to hydrolysis) is 1. The molecule has 1 aromatic rings. The summed E-state index contributed by atoms with van der Waals surface area (Å²) in [5.41, 5.74) is 1.03. The molecule has 0 saturated heterocycles. The van der Waals surface area contributed by atoms with E-state index in [-0.39, 0.29) is 5.41 Å². The second-order valence-electron chi connectivity index (χ2n) is 8.79. The minimum absolute atomic E-state index is 0.177. The van der Waals surface area contributed by atoms with Gasteiger partial charge in [-0.05, 0) is 52.5 Å². The molecule has 3 rings (SSSR count). The van der Waals surface area contributed by atoms with E-state index in [1.54, 1.807) is 0 Å². The van der Waals surface area contributed by atoms with Crippen molar-refractivity contribution in [2.24, 2.45) is 5.92 Å². The molecule has 2 aliphatic rings. The lowest BCUT2D eigenvalue weighted by atomic mass is 9.90. The predicted octanol–water partition coefficient (Wildman–Crippen LogP) is 5.22. The molecule has 0 unspecified atom stereocenters. The van der Waals surface area contributed by atoms with E-state index in [0.29, 0.717) is 17.5 Å². The number of hydrogen-bond donors (Lipinski definition) is 1. The Morgan fingerprint density at radius 3 is 2.63 bits per heavy atom. The molecule has 1 N–H and O–H groups in total. The highest BCUT2D eigenvalue weighted by Crippen LogP contribution is 2.49. The molecule has 0 aromatic carbocycles. The zero-order valence-electron chi connectivity index (χ0n) is 16.5. The Morgan fingerprint density at radius 2 is 2.04 bits per heavy atom. The van der Waals surface area contributed by atoms with Crippen LogP contribution < -0.4 is 5.32 Å². The monoisotopic (exact) mass is 388 g/mol. The van der Waals surface area contributed by atoms with Gasteiger partial charge in [0.1, 0.15) is 5.60 Å². The zero-order valence-corrected chi connectivity index (χ0v) is 17.3. The van der Waals surface area contributed by atoms with Crippen LogP contribution in [0.1, 0.15) is 77.0 Å². The smallest absolute Gasteiger partial charge is 0.407 e. The van der Waals surface area contributed by atoms with Crippen LogP contribution in [0.5, 0.6) is 0 Å². The zero-order chi connectivity index (χ0) is 19.5. The van der Waals surface area contributed by atoms with Crippen LogP contribution in [0.25, 0.3) is 0 Å². The van der Waals surface area contributed by atoms with Crippen molar-refractivity contribution in [1.82, 2.24) is 10.3 Å². The fraction of sp³-hybridized carbons (Fsp3) is 0.636. The van der Waals surface area contributed by atoms with Gasteiger partial charge in [-0.25, -0.2) is 4.79 Å². The summed E-state index contributed by atoms with van der Waals surface area (Å²) in [7, 11) is 0. The van der Waals surface area contributed by atoms with E-state index in [4.69, 9.17) is 16.3 Å². The number of halogens is 1. The van der Waals surface area contributed by atoms with Gasteiger partial charge in [0.15, 0.2) is 0 Å². The van der Waals surface area contributed by atoms with Crippen molar-refractivity contribution >= 4 is 17.7 Å². The van der Waals surface area contributed by atoms with Crippen molar-refractivity contribution in [2.45, 2.75) is 76.7 Å². The highest BCUT2D eigenvalue weighted by Gasteiger charge is 2.47. The van der Waals surface area contributed by atoms with Gasteiger partial charge >= 0.3 is 6.09 Å². The topological polar surface area (TPSA) is 51.2 Å². The van der Waals surface area contributed by atoms with E-state index in [9.17, 15) is 4.79 Å². The maximum atomic E-state index is 11.9. The van der Waals surface area contributed by atoms with Crippen molar-refractivity contribution in [2.75, 3.05) is 6.54 Å². The number of pyridine rings is 1. The van der Waals surface area contributed by atoms with E-state index < -0.39 is 11.7 Å². The van der Waals surface area contributed by atoms with Crippen LogP contribution in [-0.4, -0.2) is 23.2 Å². The Balaban J connectivity index is 1.63. The predicted molar refractivity (Wildman–Crippen MR) is 108 cm³/mol. The number of carbonyl (C=O) groups is 1. The molecule has 1 heterocycles. The highest BCUT2D eigenvalue weighted by molar-refractivity contribution is 6.31. The number of aromatic nitrogens is 1. The summed E-state index contributed by atoms with van der Waals surface area (Å²) in [5.74, 6) is 7.13. The van der Waals surface area contributed by atoms with Gasteiger partial charge in [-0.3, -0.25) is 4.98 Å². The molecule has 1 aromatic heterocycles. The quantitative estimate of drug-likeness (QED) is 0.722. The summed E-state index contributed by atoms with van der Waals surface area (Å²) in [6, 6.07) is 1.91. The minimum Gasteiger partial charge on any atom is -0.444 e. The Bertz CT molecular complexity index is 748. The Hall–Kier alpha value is -1.73. The first-order valence-corrected chi connectivity index (χ1v) is 10.3. The van der Waals surface area contributed by atoms with Crippen LogP contribution in [0.4, 0.5) is 4.79 Å². The molecule has 146 valence electrons. The van der Waals surface area contributed by atoms with Gasteiger partial charge in [0.05, 0.1) is 10.7 Å². The number of hydrogen-bond acceptors (Lipinski definition) is 3. The maximum absolute atomic E-state index is 11.9. The molecular weight excluding hydrogens is 360 g/mol. The second-order valence-corrected chi connectivity index (χ2v) is 9.20. The van der Waals surface area contributed by atoms with Crippen LogP contribution in [-0.2, 0) is 10.2 Å². The number of nitrogens with zero attached hydrogens (tertiary/aromatic N) is 1. The van der Waals surface area contributed by atoms with Crippen molar-refractivity contribution in [1.29, 1.82) is 0 Å². The molecule has 0 radical (unpaired) electrons.